The lowest BCUT2D eigenvalue weighted by molar-refractivity contribution is 0.388. The summed E-state index contributed by atoms with van der Waals surface area (Å²) < 4.78 is 25.5. The molecule has 1 atom stereocenters. The average molecular weight is 301 g/mol. The van der Waals surface area contributed by atoms with Crippen molar-refractivity contribution < 1.29 is 8.42 Å². The molecule has 20 heavy (non-hydrogen) atoms. The van der Waals surface area contributed by atoms with Crippen LogP contribution in [-0.4, -0.2) is 34.6 Å². The molecule has 1 fully saturated rings. The predicted octanol–water partition coefficient (Wildman–Crippen LogP) is -1.25. The van der Waals surface area contributed by atoms with Gasteiger partial charge in [-0.25, -0.2) is 13.2 Å². The molecule has 0 aliphatic carbocycles. The molecule has 0 bridgehead atoms. The fourth-order valence-electron chi connectivity index (χ4n) is 2.40. The highest BCUT2D eigenvalue weighted by Crippen LogP contribution is 2.23. The Hall–Kier alpha value is -1.41. The summed E-state index contributed by atoms with van der Waals surface area (Å²) in [5, 5.41) is 3.16. The zero-order valence-corrected chi connectivity index (χ0v) is 12.7. The molecule has 8 heteroatoms. The molecule has 1 aliphatic rings. The number of nitrogens with zero attached hydrogens (tertiary/aromatic N) is 2. The van der Waals surface area contributed by atoms with Crippen LogP contribution in [0.25, 0.3) is 0 Å². The lowest BCUT2D eigenvalue weighted by Gasteiger charge is -2.24. The van der Waals surface area contributed by atoms with Crippen LogP contribution in [0.3, 0.4) is 0 Å². The van der Waals surface area contributed by atoms with Gasteiger partial charge in [-0.2, -0.15) is 0 Å². The summed E-state index contributed by atoms with van der Waals surface area (Å²) in [6.45, 7) is 2.13. The summed E-state index contributed by atoms with van der Waals surface area (Å²) in [6.07, 6.45) is 0.536. The Morgan fingerprint density at radius 1 is 1.30 bits per heavy atom. The summed E-state index contributed by atoms with van der Waals surface area (Å²) in [7, 11) is 0.0248. The van der Waals surface area contributed by atoms with E-state index in [0.29, 0.717) is 12.1 Å². The zero-order chi connectivity index (χ0) is 15.1. The van der Waals surface area contributed by atoms with Crippen LogP contribution < -0.4 is 16.6 Å². The lowest BCUT2D eigenvalue weighted by atomic mass is 10.0. The molecule has 0 aromatic carbocycles. The minimum Gasteiger partial charge on any atom is -0.305 e. The lowest BCUT2D eigenvalue weighted by Crippen LogP contribution is -2.45. The third-order valence-electron chi connectivity index (χ3n) is 3.82. The van der Waals surface area contributed by atoms with Crippen LogP contribution in [0.4, 0.5) is 0 Å². The monoisotopic (exact) mass is 301 g/mol. The van der Waals surface area contributed by atoms with Crippen LogP contribution >= 0.6 is 0 Å². The van der Waals surface area contributed by atoms with Gasteiger partial charge in [-0.05, 0) is 13.3 Å². The van der Waals surface area contributed by atoms with Gasteiger partial charge in [0.25, 0.3) is 5.56 Å². The molecule has 2 rings (SSSR count). The first-order valence-electron chi connectivity index (χ1n) is 6.35. The van der Waals surface area contributed by atoms with Crippen molar-refractivity contribution in [3.05, 3.63) is 32.6 Å². The number of aromatic nitrogens is 2. The van der Waals surface area contributed by atoms with E-state index < -0.39 is 21.1 Å². The second kappa shape index (κ2) is 4.85. The first-order chi connectivity index (χ1) is 9.14. The maximum absolute atomic E-state index is 11.8. The van der Waals surface area contributed by atoms with Crippen molar-refractivity contribution in [2.24, 2.45) is 14.1 Å². The number of hydrogen-bond acceptors (Lipinski definition) is 5. The van der Waals surface area contributed by atoms with Crippen molar-refractivity contribution >= 4 is 9.84 Å². The third-order valence-corrected chi connectivity index (χ3v) is 5.73. The van der Waals surface area contributed by atoms with Crippen molar-refractivity contribution in [2.75, 3.05) is 11.5 Å². The smallest absolute Gasteiger partial charge is 0.305 e. The largest absolute Gasteiger partial charge is 0.330 e. The number of sulfone groups is 1. The standard InChI is InChI=1S/C12H19N3O4S/c1-12(4-5-20(18,19)8-12)13-7-9-6-10(16)15(3)11(17)14(9)2/h6,13H,4-5,7-8H2,1-3H3. The predicted molar refractivity (Wildman–Crippen MR) is 75.4 cm³/mol. The highest BCUT2D eigenvalue weighted by molar-refractivity contribution is 7.91. The number of hydrogen-bond donors (Lipinski definition) is 1. The molecule has 1 saturated heterocycles. The second-order valence-electron chi connectivity index (χ2n) is 5.63. The Morgan fingerprint density at radius 2 is 1.95 bits per heavy atom. The van der Waals surface area contributed by atoms with E-state index in [1.54, 1.807) is 7.05 Å². The average Bonchev–Trinajstić information content (AvgIpc) is 2.64. The normalized spacial score (nSPS) is 24.9. The summed E-state index contributed by atoms with van der Waals surface area (Å²) in [5.74, 6) is 0.255. The van der Waals surface area contributed by atoms with Gasteiger partial charge in [0.2, 0.25) is 0 Å². The Bertz CT molecular complexity index is 747. The van der Waals surface area contributed by atoms with Crippen molar-refractivity contribution in [1.29, 1.82) is 0 Å². The molecule has 1 unspecified atom stereocenters. The van der Waals surface area contributed by atoms with Gasteiger partial charge in [0.05, 0.1) is 11.5 Å². The van der Waals surface area contributed by atoms with E-state index in [9.17, 15) is 18.0 Å². The van der Waals surface area contributed by atoms with Crippen LogP contribution in [0.1, 0.15) is 19.0 Å². The minimum absolute atomic E-state index is 0.0821. The fraction of sp³-hybridized carbons (Fsp3) is 0.667. The van der Waals surface area contributed by atoms with E-state index in [2.05, 4.69) is 5.32 Å². The maximum atomic E-state index is 11.8. The van der Waals surface area contributed by atoms with Gasteiger partial charge in [-0.1, -0.05) is 0 Å². The summed E-state index contributed by atoms with van der Waals surface area (Å²) >= 11 is 0. The van der Waals surface area contributed by atoms with E-state index in [4.69, 9.17) is 0 Å². The zero-order valence-electron chi connectivity index (χ0n) is 11.8. The first-order valence-corrected chi connectivity index (χ1v) is 8.17. The molecule has 1 aromatic rings. The molecule has 2 heterocycles. The maximum Gasteiger partial charge on any atom is 0.330 e. The SMILES string of the molecule is Cn1c(CNC2(C)CCS(=O)(=O)C2)cc(=O)n(C)c1=O. The van der Waals surface area contributed by atoms with Gasteiger partial charge in [-0.3, -0.25) is 13.9 Å². The highest BCUT2D eigenvalue weighted by atomic mass is 32.2. The van der Waals surface area contributed by atoms with Gasteiger partial charge < -0.3 is 5.32 Å². The van der Waals surface area contributed by atoms with E-state index in [0.717, 1.165) is 4.57 Å². The van der Waals surface area contributed by atoms with E-state index in [1.165, 1.54) is 17.7 Å². The highest BCUT2D eigenvalue weighted by Gasteiger charge is 2.37. The van der Waals surface area contributed by atoms with Crippen LogP contribution in [-0.2, 0) is 30.5 Å². The van der Waals surface area contributed by atoms with E-state index in [-0.39, 0.29) is 23.6 Å². The molecule has 0 spiro atoms. The number of nitrogens with one attached hydrogen (secondary N) is 1. The molecule has 1 N–H and O–H groups in total. The summed E-state index contributed by atoms with van der Waals surface area (Å²) in [6, 6.07) is 1.39. The molecule has 7 nitrogen and oxygen atoms in total. The molecule has 1 aromatic heterocycles. The second-order valence-corrected chi connectivity index (χ2v) is 7.81. The Balaban J connectivity index is 2.21. The molecule has 0 saturated carbocycles. The van der Waals surface area contributed by atoms with E-state index in [1.807, 2.05) is 6.92 Å². The molecular weight excluding hydrogens is 282 g/mol. The van der Waals surface area contributed by atoms with Gasteiger partial charge in [0.15, 0.2) is 9.84 Å². The van der Waals surface area contributed by atoms with Crippen molar-refractivity contribution in [2.45, 2.75) is 25.4 Å². The minimum atomic E-state index is -2.99. The first kappa shape index (κ1) is 15.0. The molecule has 112 valence electrons. The van der Waals surface area contributed by atoms with E-state index >= 15 is 0 Å². The molecule has 1 aliphatic heterocycles. The van der Waals surface area contributed by atoms with Crippen molar-refractivity contribution in [3.8, 4) is 0 Å². The molecular formula is C12H19N3O4S. The Kier molecular flexibility index (Phi) is 3.64. The van der Waals surface area contributed by atoms with Gasteiger partial charge in [-0.15, -0.1) is 0 Å². The third kappa shape index (κ3) is 2.85. The molecule has 0 amide bonds. The molecule has 0 radical (unpaired) electrons. The Morgan fingerprint density at radius 3 is 2.50 bits per heavy atom. The van der Waals surface area contributed by atoms with Gasteiger partial charge in [0, 0.05) is 37.9 Å². The number of rotatable bonds is 3. The quantitative estimate of drug-likeness (QED) is 0.753. The van der Waals surface area contributed by atoms with Gasteiger partial charge >= 0.3 is 5.69 Å². The van der Waals surface area contributed by atoms with Crippen molar-refractivity contribution in [3.63, 3.8) is 0 Å². The topological polar surface area (TPSA) is 90.2 Å². The van der Waals surface area contributed by atoms with Crippen LogP contribution in [0.5, 0.6) is 0 Å². The fourth-order valence-corrected chi connectivity index (χ4v) is 4.52. The summed E-state index contributed by atoms with van der Waals surface area (Å²) in [4.78, 5) is 23.4. The van der Waals surface area contributed by atoms with Gasteiger partial charge in [0.1, 0.15) is 0 Å². The van der Waals surface area contributed by atoms with Crippen LogP contribution in [0, 0.1) is 0 Å². The summed E-state index contributed by atoms with van der Waals surface area (Å²) in [5.41, 5.74) is -0.716. The van der Waals surface area contributed by atoms with Crippen LogP contribution in [0.15, 0.2) is 15.7 Å². The van der Waals surface area contributed by atoms with Crippen molar-refractivity contribution in [1.82, 2.24) is 14.5 Å². The van der Waals surface area contributed by atoms with Crippen LogP contribution in [0.2, 0.25) is 0 Å². The Labute approximate surface area is 117 Å².